The van der Waals surface area contributed by atoms with Crippen molar-refractivity contribution < 1.29 is 0 Å². The molecule has 1 aromatic rings. The molecule has 1 unspecified atom stereocenters. The molecule has 0 radical (unpaired) electrons. The van der Waals surface area contributed by atoms with Crippen molar-refractivity contribution in [2.75, 3.05) is 6.54 Å². The Labute approximate surface area is 90.3 Å². The van der Waals surface area contributed by atoms with Crippen molar-refractivity contribution in [1.82, 2.24) is 0 Å². The summed E-state index contributed by atoms with van der Waals surface area (Å²) in [7, 11) is 0. The Hall–Kier alpha value is -0.530. The van der Waals surface area contributed by atoms with Gasteiger partial charge in [0, 0.05) is 5.02 Å². The standard InChI is InChI=1S/C12H16ClN/c13-11-5-4-9-2-1-3-10(6-7-14)12(9)8-11/h4-5,8,10H,1-3,6-7,14H2. The first-order valence-corrected chi connectivity index (χ1v) is 5.67. The van der Waals surface area contributed by atoms with Crippen molar-refractivity contribution in [3.05, 3.63) is 34.3 Å². The average molecular weight is 210 g/mol. The molecule has 1 atom stereocenters. The van der Waals surface area contributed by atoms with E-state index in [1.807, 2.05) is 6.07 Å². The number of nitrogens with two attached hydrogens (primary N) is 1. The quantitative estimate of drug-likeness (QED) is 0.796. The Balaban J connectivity index is 2.32. The Morgan fingerprint density at radius 2 is 2.29 bits per heavy atom. The van der Waals surface area contributed by atoms with Crippen molar-refractivity contribution in [3.8, 4) is 0 Å². The summed E-state index contributed by atoms with van der Waals surface area (Å²) in [6.45, 7) is 0.774. The van der Waals surface area contributed by atoms with Crippen LogP contribution in [0.5, 0.6) is 0 Å². The van der Waals surface area contributed by atoms with Gasteiger partial charge >= 0.3 is 0 Å². The molecule has 0 aliphatic heterocycles. The van der Waals surface area contributed by atoms with Gasteiger partial charge in [0.1, 0.15) is 0 Å². The molecule has 0 bridgehead atoms. The molecule has 0 saturated heterocycles. The maximum Gasteiger partial charge on any atom is 0.0409 e. The minimum absolute atomic E-state index is 0.641. The van der Waals surface area contributed by atoms with E-state index < -0.39 is 0 Å². The normalized spacial score (nSPS) is 20.6. The summed E-state index contributed by atoms with van der Waals surface area (Å²) in [6.07, 6.45) is 4.85. The Bertz CT molecular complexity index is 322. The molecule has 14 heavy (non-hydrogen) atoms. The zero-order chi connectivity index (χ0) is 9.97. The SMILES string of the molecule is NCCC1CCCc2ccc(Cl)cc21. The maximum atomic E-state index is 6.01. The minimum Gasteiger partial charge on any atom is -0.330 e. The first-order valence-electron chi connectivity index (χ1n) is 5.29. The second kappa shape index (κ2) is 4.33. The topological polar surface area (TPSA) is 26.0 Å². The van der Waals surface area contributed by atoms with Gasteiger partial charge in [0.15, 0.2) is 0 Å². The molecule has 0 fully saturated rings. The van der Waals surface area contributed by atoms with Crippen LogP contribution in [0, 0.1) is 0 Å². The highest BCUT2D eigenvalue weighted by atomic mass is 35.5. The molecule has 1 nitrogen and oxygen atoms in total. The molecule has 0 saturated carbocycles. The van der Waals surface area contributed by atoms with Crippen LogP contribution < -0.4 is 5.73 Å². The monoisotopic (exact) mass is 209 g/mol. The van der Waals surface area contributed by atoms with E-state index >= 15 is 0 Å². The molecule has 2 heteroatoms. The summed E-state index contributed by atoms with van der Waals surface area (Å²) in [5, 5.41) is 0.854. The summed E-state index contributed by atoms with van der Waals surface area (Å²) < 4.78 is 0. The molecule has 0 heterocycles. The average Bonchev–Trinajstić information content (AvgIpc) is 2.19. The highest BCUT2D eigenvalue weighted by Crippen LogP contribution is 2.34. The third-order valence-corrected chi connectivity index (χ3v) is 3.30. The summed E-state index contributed by atoms with van der Waals surface area (Å²) in [5.74, 6) is 0.641. The van der Waals surface area contributed by atoms with Crippen LogP contribution in [-0.4, -0.2) is 6.54 Å². The van der Waals surface area contributed by atoms with Crippen LogP contribution in [0.1, 0.15) is 36.3 Å². The van der Waals surface area contributed by atoms with E-state index in [-0.39, 0.29) is 0 Å². The van der Waals surface area contributed by atoms with Gasteiger partial charge < -0.3 is 5.73 Å². The number of hydrogen-bond acceptors (Lipinski definition) is 1. The lowest BCUT2D eigenvalue weighted by Crippen LogP contribution is -2.13. The molecular weight excluding hydrogens is 194 g/mol. The Morgan fingerprint density at radius 1 is 1.43 bits per heavy atom. The molecule has 2 rings (SSSR count). The fraction of sp³-hybridized carbons (Fsp3) is 0.500. The van der Waals surface area contributed by atoms with Gasteiger partial charge in [-0.3, -0.25) is 0 Å². The summed E-state index contributed by atoms with van der Waals surface area (Å²) in [4.78, 5) is 0. The number of halogens is 1. The lowest BCUT2D eigenvalue weighted by Gasteiger charge is -2.25. The van der Waals surface area contributed by atoms with E-state index in [2.05, 4.69) is 12.1 Å². The molecule has 1 aliphatic carbocycles. The van der Waals surface area contributed by atoms with E-state index in [0.717, 1.165) is 18.0 Å². The zero-order valence-electron chi connectivity index (χ0n) is 8.30. The molecule has 0 aromatic heterocycles. The molecule has 1 aromatic carbocycles. The zero-order valence-corrected chi connectivity index (χ0v) is 9.06. The highest BCUT2D eigenvalue weighted by Gasteiger charge is 2.19. The van der Waals surface area contributed by atoms with E-state index in [0.29, 0.717) is 5.92 Å². The second-order valence-corrected chi connectivity index (χ2v) is 4.45. The predicted octanol–water partition coefficient (Wildman–Crippen LogP) is 3.11. The summed E-state index contributed by atoms with van der Waals surface area (Å²) in [5.41, 5.74) is 8.53. The Kier molecular flexibility index (Phi) is 3.09. The largest absolute Gasteiger partial charge is 0.330 e. The van der Waals surface area contributed by atoms with Gasteiger partial charge in [-0.05, 0) is 61.4 Å². The number of aryl methyl sites for hydroxylation is 1. The van der Waals surface area contributed by atoms with Crippen molar-refractivity contribution >= 4 is 11.6 Å². The summed E-state index contributed by atoms with van der Waals surface area (Å²) >= 11 is 6.01. The van der Waals surface area contributed by atoms with Crippen LogP contribution in [-0.2, 0) is 6.42 Å². The first kappa shape index (κ1) is 10.0. The third-order valence-electron chi connectivity index (χ3n) is 3.06. The van der Waals surface area contributed by atoms with Gasteiger partial charge in [0.05, 0.1) is 0 Å². The van der Waals surface area contributed by atoms with E-state index in [9.17, 15) is 0 Å². The van der Waals surface area contributed by atoms with Crippen LogP contribution in [0.4, 0.5) is 0 Å². The summed E-state index contributed by atoms with van der Waals surface area (Å²) in [6, 6.07) is 6.28. The van der Waals surface area contributed by atoms with Crippen LogP contribution in [0.15, 0.2) is 18.2 Å². The van der Waals surface area contributed by atoms with Crippen LogP contribution in [0.3, 0.4) is 0 Å². The number of fused-ring (bicyclic) bond motifs is 1. The van der Waals surface area contributed by atoms with Gasteiger partial charge in [-0.15, -0.1) is 0 Å². The van der Waals surface area contributed by atoms with E-state index in [1.54, 1.807) is 0 Å². The fourth-order valence-corrected chi connectivity index (χ4v) is 2.55. The van der Waals surface area contributed by atoms with Gasteiger partial charge in [-0.25, -0.2) is 0 Å². The fourth-order valence-electron chi connectivity index (χ4n) is 2.37. The number of hydrogen-bond donors (Lipinski definition) is 1. The highest BCUT2D eigenvalue weighted by molar-refractivity contribution is 6.30. The molecule has 2 N–H and O–H groups in total. The van der Waals surface area contributed by atoms with Crippen LogP contribution >= 0.6 is 11.6 Å². The second-order valence-electron chi connectivity index (χ2n) is 4.01. The molecular formula is C12H16ClN. The Morgan fingerprint density at radius 3 is 3.07 bits per heavy atom. The predicted molar refractivity (Wildman–Crippen MR) is 60.8 cm³/mol. The van der Waals surface area contributed by atoms with Crippen molar-refractivity contribution in [1.29, 1.82) is 0 Å². The lowest BCUT2D eigenvalue weighted by atomic mass is 9.81. The van der Waals surface area contributed by atoms with Crippen LogP contribution in [0.25, 0.3) is 0 Å². The van der Waals surface area contributed by atoms with Crippen LogP contribution in [0.2, 0.25) is 5.02 Å². The van der Waals surface area contributed by atoms with E-state index in [4.69, 9.17) is 17.3 Å². The van der Waals surface area contributed by atoms with Gasteiger partial charge in [0.2, 0.25) is 0 Å². The number of benzene rings is 1. The molecule has 1 aliphatic rings. The van der Waals surface area contributed by atoms with Crippen molar-refractivity contribution in [2.24, 2.45) is 5.73 Å². The molecule has 0 spiro atoms. The first-order chi connectivity index (χ1) is 6.81. The number of rotatable bonds is 2. The third kappa shape index (κ3) is 1.94. The van der Waals surface area contributed by atoms with Gasteiger partial charge in [0.25, 0.3) is 0 Å². The lowest BCUT2D eigenvalue weighted by molar-refractivity contribution is 0.526. The minimum atomic E-state index is 0.641. The van der Waals surface area contributed by atoms with Gasteiger partial charge in [-0.2, -0.15) is 0 Å². The van der Waals surface area contributed by atoms with Crippen molar-refractivity contribution in [2.45, 2.75) is 31.6 Å². The van der Waals surface area contributed by atoms with Crippen molar-refractivity contribution in [3.63, 3.8) is 0 Å². The maximum absolute atomic E-state index is 6.01. The smallest absolute Gasteiger partial charge is 0.0409 e. The molecule has 76 valence electrons. The van der Waals surface area contributed by atoms with E-state index in [1.165, 1.54) is 30.4 Å². The van der Waals surface area contributed by atoms with Gasteiger partial charge in [-0.1, -0.05) is 17.7 Å². The molecule has 0 amide bonds.